The molecule has 1 aliphatic heterocycles. The van der Waals surface area contributed by atoms with Crippen LogP contribution in [0.2, 0.25) is 0 Å². The van der Waals surface area contributed by atoms with Crippen LogP contribution >= 0.6 is 0 Å². The van der Waals surface area contributed by atoms with Crippen molar-refractivity contribution >= 4 is 23.4 Å². The van der Waals surface area contributed by atoms with Gasteiger partial charge in [0.15, 0.2) is 0 Å². The van der Waals surface area contributed by atoms with E-state index in [0.29, 0.717) is 24.7 Å². The molecule has 1 N–H and O–H groups in total. The summed E-state index contributed by atoms with van der Waals surface area (Å²) in [6, 6.07) is 4.18. The highest BCUT2D eigenvalue weighted by Gasteiger charge is 2.50. The summed E-state index contributed by atoms with van der Waals surface area (Å²) in [6.45, 7) is 8.38. The maximum Gasteiger partial charge on any atom is 0.248 e. The van der Waals surface area contributed by atoms with E-state index in [0.717, 1.165) is 5.69 Å². The molecule has 2 aromatic heterocycles. The summed E-state index contributed by atoms with van der Waals surface area (Å²) in [5.74, 6) is 0.651. The molecule has 0 aromatic carbocycles. The lowest BCUT2D eigenvalue weighted by molar-refractivity contribution is -0.124. The zero-order chi connectivity index (χ0) is 18.9. The molecule has 3 heterocycles. The lowest BCUT2D eigenvalue weighted by Crippen LogP contribution is -2.37. The van der Waals surface area contributed by atoms with Crippen molar-refractivity contribution < 1.29 is 4.79 Å². The Bertz CT molecular complexity index is 851. The first kappa shape index (κ1) is 17.9. The Hall–Kier alpha value is -2.95. The van der Waals surface area contributed by atoms with Gasteiger partial charge in [0.05, 0.1) is 18.0 Å². The predicted octanol–water partition coefficient (Wildman–Crippen LogP) is 2.90. The summed E-state index contributed by atoms with van der Waals surface area (Å²) in [7, 11) is 0. The summed E-state index contributed by atoms with van der Waals surface area (Å²) in [6.07, 6.45) is 5.69. The van der Waals surface area contributed by atoms with E-state index in [4.69, 9.17) is 0 Å². The predicted molar refractivity (Wildman–Crippen MR) is 97.8 cm³/mol. The normalized spacial score (nSPS) is 20.0. The van der Waals surface area contributed by atoms with Gasteiger partial charge in [0, 0.05) is 25.0 Å². The van der Waals surface area contributed by atoms with Crippen LogP contribution in [0.5, 0.6) is 0 Å². The second kappa shape index (κ2) is 6.75. The molecule has 0 bridgehead atoms. The molecule has 0 saturated carbocycles. The van der Waals surface area contributed by atoms with Gasteiger partial charge in [-0.1, -0.05) is 13.8 Å². The minimum absolute atomic E-state index is 0.0497. The molecule has 1 amide bonds. The molecule has 0 radical (unpaired) electrons. The van der Waals surface area contributed by atoms with Crippen LogP contribution in [-0.4, -0.2) is 32.2 Å². The number of hydrogen-bond acceptors (Lipinski definition) is 6. The third-order valence-electron chi connectivity index (χ3n) is 4.85. The molecule has 26 heavy (non-hydrogen) atoms. The monoisotopic (exact) mass is 353 g/mol. The van der Waals surface area contributed by atoms with Crippen LogP contribution in [0.1, 0.15) is 40.2 Å². The topological polar surface area (TPSA) is 99.7 Å². The van der Waals surface area contributed by atoms with Crippen LogP contribution in [0, 0.1) is 22.7 Å². The number of nitrogens with zero attached hydrogens (tertiary/aromatic N) is 6. The van der Waals surface area contributed by atoms with Gasteiger partial charge < -0.3 is 5.32 Å². The summed E-state index contributed by atoms with van der Waals surface area (Å²) in [4.78, 5) is 23.1. The Balaban J connectivity index is 1.82. The van der Waals surface area contributed by atoms with E-state index in [-0.39, 0.29) is 17.9 Å². The second-order valence-electron chi connectivity index (χ2n) is 7.11. The fourth-order valence-corrected chi connectivity index (χ4v) is 3.10. The van der Waals surface area contributed by atoms with Gasteiger partial charge in [0.25, 0.3) is 0 Å². The van der Waals surface area contributed by atoms with Crippen molar-refractivity contribution in [2.24, 2.45) is 11.3 Å². The number of nitrogens with one attached hydrogen (secondary N) is 1. The summed E-state index contributed by atoms with van der Waals surface area (Å²) in [5, 5.41) is 16.9. The molecular weight excluding hydrogens is 330 g/mol. The average Bonchev–Trinajstić information content (AvgIpc) is 3.20. The SMILES string of the molecule is CC(C)n1cc(Nc2nccc(N3CC[C@@](C#N)(C(C)C)C3=O)n2)cn1. The first-order chi connectivity index (χ1) is 12.4. The number of carbonyl (C=O) groups excluding carboxylic acids is 1. The minimum Gasteiger partial charge on any atom is -0.321 e. The van der Waals surface area contributed by atoms with Crippen LogP contribution in [0.25, 0.3) is 0 Å². The summed E-state index contributed by atoms with van der Waals surface area (Å²) < 4.78 is 1.83. The van der Waals surface area contributed by atoms with Crippen LogP contribution in [0.3, 0.4) is 0 Å². The van der Waals surface area contributed by atoms with Crippen molar-refractivity contribution in [1.29, 1.82) is 5.26 Å². The number of hydrogen-bond donors (Lipinski definition) is 1. The highest BCUT2D eigenvalue weighted by molar-refractivity contribution is 6.01. The molecule has 1 fully saturated rings. The molecule has 1 atom stereocenters. The number of rotatable bonds is 5. The first-order valence-corrected chi connectivity index (χ1v) is 8.75. The van der Waals surface area contributed by atoms with E-state index in [2.05, 4.69) is 26.5 Å². The molecule has 8 nitrogen and oxygen atoms in total. The number of aromatic nitrogens is 4. The Labute approximate surface area is 152 Å². The fourth-order valence-electron chi connectivity index (χ4n) is 3.10. The van der Waals surface area contributed by atoms with Crippen molar-refractivity contribution in [3.63, 3.8) is 0 Å². The molecule has 0 aliphatic carbocycles. The Morgan fingerprint density at radius 3 is 2.69 bits per heavy atom. The number of carbonyl (C=O) groups is 1. The molecule has 0 unspecified atom stereocenters. The lowest BCUT2D eigenvalue weighted by atomic mass is 9.77. The Morgan fingerprint density at radius 1 is 1.35 bits per heavy atom. The van der Waals surface area contributed by atoms with Crippen LogP contribution in [0.15, 0.2) is 24.7 Å². The quantitative estimate of drug-likeness (QED) is 0.887. The van der Waals surface area contributed by atoms with Crippen LogP contribution in [0.4, 0.5) is 17.5 Å². The van der Waals surface area contributed by atoms with Crippen LogP contribution in [-0.2, 0) is 4.79 Å². The molecule has 1 aliphatic rings. The maximum absolute atomic E-state index is 12.9. The molecule has 136 valence electrons. The highest BCUT2D eigenvalue weighted by atomic mass is 16.2. The van der Waals surface area contributed by atoms with Gasteiger partial charge in [-0.05, 0) is 32.3 Å². The lowest BCUT2D eigenvalue weighted by Gasteiger charge is -2.24. The van der Waals surface area contributed by atoms with Crippen molar-refractivity contribution in [2.45, 2.75) is 40.2 Å². The molecular formula is C18H23N7O. The van der Waals surface area contributed by atoms with Gasteiger partial charge in [-0.25, -0.2) is 4.98 Å². The van der Waals surface area contributed by atoms with Gasteiger partial charge in [-0.15, -0.1) is 0 Å². The maximum atomic E-state index is 12.9. The van der Waals surface area contributed by atoms with E-state index < -0.39 is 5.41 Å². The smallest absolute Gasteiger partial charge is 0.248 e. The second-order valence-corrected chi connectivity index (χ2v) is 7.11. The standard InChI is InChI=1S/C18H23N7O/c1-12(2)18(11-19)6-8-24(16(18)26)15-5-7-20-17(23-15)22-14-9-21-25(10-14)13(3)4/h5,7,9-10,12-13H,6,8H2,1-4H3,(H,20,22,23)/t18-/m1/s1. The molecule has 3 rings (SSSR count). The van der Waals surface area contributed by atoms with Crippen molar-refractivity contribution in [1.82, 2.24) is 19.7 Å². The minimum atomic E-state index is -0.975. The van der Waals surface area contributed by atoms with Gasteiger partial charge in [0.2, 0.25) is 11.9 Å². The zero-order valence-corrected chi connectivity index (χ0v) is 15.5. The van der Waals surface area contributed by atoms with Crippen LogP contribution < -0.4 is 10.2 Å². The van der Waals surface area contributed by atoms with Crippen molar-refractivity contribution in [3.8, 4) is 6.07 Å². The fraction of sp³-hybridized carbons (Fsp3) is 0.500. The average molecular weight is 353 g/mol. The molecule has 0 spiro atoms. The first-order valence-electron chi connectivity index (χ1n) is 8.75. The third kappa shape index (κ3) is 3.01. The molecule has 1 saturated heterocycles. The van der Waals surface area contributed by atoms with Gasteiger partial charge in [0.1, 0.15) is 11.2 Å². The van der Waals surface area contributed by atoms with Gasteiger partial charge in [-0.3, -0.25) is 14.4 Å². The number of anilines is 3. The number of amides is 1. The third-order valence-corrected chi connectivity index (χ3v) is 4.85. The van der Waals surface area contributed by atoms with E-state index in [1.54, 1.807) is 23.4 Å². The summed E-state index contributed by atoms with van der Waals surface area (Å²) in [5.41, 5.74) is -0.200. The highest BCUT2D eigenvalue weighted by Crippen LogP contribution is 2.40. The van der Waals surface area contributed by atoms with Crippen molar-refractivity contribution in [3.05, 3.63) is 24.7 Å². The molecule has 2 aromatic rings. The largest absolute Gasteiger partial charge is 0.321 e. The number of nitriles is 1. The molecule has 8 heteroatoms. The van der Waals surface area contributed by atoms with E-state index in [1.165, 1.54) is 0 Å². The van der Waals surface area contributed by atoms with E-state index in [9.17, 15) is 10.1 Å². The van der Waals surface area contributed by atoms with Gasteiger partial charge >= 0.3 is 0 Å². The van der Waals surface area contributed by atoms with E-state index >= 15 is 0 Å². The van der Waals surface area contributed by atoms with Crippen molar-refractivity contribution in [2.75, 3.05) is 16.8 Å². The Kier molecular flexibility index (Phi) is 4.64. The van der Waals surface area contributed by atoms with Gasteiger partial charge in [-0.2, -0.15) is 15.3 Å². The summed E-state index contributed by atoms with van der Waals surface area (Å²) >= 11 is 0. The van der Waals surface area contributed by atoms with E-state index in [1.807, 2.05) is 38.6 Å². The zero-order valence-electron chi connectivity index (χ0n) is 15.5. The Morgan fingerprint density at radius 2 is 2.12 bits per heavy atom.